The predicted octanol–water partition coefficient (Wildman–Crippen LogP) is 4.13. The van der Waals surface area contributed by atoms with E-state index in [1.54, 1.807) is 7.11 Å². The summed E-state index contributed by atoms with van der Waals surface area (Å²) < 4.78 is 12.1. The minimum Gasteiger partial charge on any atom is -0.493 e. The highest BCUT2D eigenvalue weighted by Crippen LogP contribution is 2.36. The van der Waals surface area contributed by atoms with Crippen LogP contribution in [0, 0.1) is 0 Å². The highest BCUT2D eigenvalue weighted by atomic mass is 79.9. The van der Waals surface area contributed by atoms with Crippen molar-refractivity contribution in [2.75, 3.05) is 13.7 Å². The molecule has 0 saturated heterocycles. The Labute approximate surface area is 124 Å². The number of hydrogen-bond donors (Lipinski definition) is 1. The van der Waals surface area contributed by atoms with Gasteiger partial charge in [-0.3, -0.25) is 0 Å². The molecule has 1 N–H and O–H groups in total. The molecule has 1 aromatic rings. The smallest absolute Gasteiger partial charge is 0.175 e. The molecule has 19 heavy (non-hydrogen) atoms. The highest BCUT2D eigenvalue weighted by Gasteiger charge is 2.13. The van der Waals surface area contributed by atoms with Gasteiger partial charge in [0, 0.05) is 12.1 Å². The van der Waals surface area contributed by atoms with Gasteiger partial charge in [0.2, 0.25) is 0 Å². The van der Waals surface area contributed by atoms with Gasteiger partial charge in [-0.25, -0.2) is 0 Å². The summed E-state index contributed by atoms with van der Waals surface area (Å²) in [7, 11) is 1.67. The SMILES string of the molecule is CCCOc1c(Br)cc(CNC(C)(C)C)cc1OC. The lowest BCUT2D eigenvalue weighted by Gasteiger charge is -2.21. The minimum atomic E-state index is 0.0943. The number of rotatable bonds is 6. The third-order valence-electron chi connectivity index (χ3n) is 2.56. The van der Waals surface area contributed by atoms with Crippen molar-refractivity contribution in [2.24, 2.45) is 0 Å². The van der Waals surface area contributed by atoms with Crippen molar-refractivity contribution in [3.63, 3.8) is 0 Å². The molecule has 0 fully saturated rings. The van der Waals surface area contributed by atoms with E-state index in [0.29, 0.717) is 6.61 Å². The third kappa shape index (κ3) is 5.41. The molecule has 1 rings (SSSR count). The topological polar surface area (TPSA) is 30.5 Å². The van der Waals surface area contributed by atoms with Gasteiger partial charge in [-0.2, -0.15) is 0 Å². The molecule has 1 aromatic carbocycles. The van der Waals surface area contributed by atoms with Gasteiger partial charge < -0.3 is 14.8 Å². The predicted molar refractivity (Wildman–Crippen MR) is 83.1 cm³/mol. The Hall–Kier alpha value is -0.740. The molecule has 0 amide bonds. The number of halogens is 1. The molecule has 4 heteroatoms. The van der Waals surface area contributed by atoms with Gasteiger partial charge in [0.1, 0.15) is 0 Å². The van der Waals surface area contributed by atoms with Crippen LogP contribution < -0.4 is 14.8 Å². The van der Waals surface area contributed by atoms with Gasteiger partial charge in [-0.05, 0) is 60.8 Å². The average molecular weight is 330 g/mol. The molecule has 0 radical (unpaired) electrons. The fourth-order valence-electron chi connectivity index (χ4n) is 1.59. The largest absolute Gasteiger partial charge is 0.493 e. The summed E-state index contributed by atoms with van der Waals surface area (Å²) in [5.41, 5.74) is 1.26. The van der Waals surface area contributed by atoms with Gasteiger partial charge in [0.05, 0.1) is 18.2 Å². The Balaban J connectivity index is 2.89. The van der Waals surface area contributed by atoms with Crippen LogP contribution in [-0.2, 0) is 6.54 Å². The average Bonchev–Trinajstić information content (AvgIpc) is 2.33. The van der Waals surface area contributed by atoms with E-state index >= 15 is 0 Å². The Kier molecular flexibility index (Phi) is 6.14. The van der Waals surface area contributed by atoms with Crippen LogP contribution in [-0.4, -0.2) is 19.3 Å². The molecule has 0 spiro atoms. The minimum absolute atomic E-state index is 0.0943. The summed E-state index contributed by atoms with van der Waals surface area (Å²) in [5.74, 6) is 1.55. The van der Waals surface area contributed by atoms with Gasteiger partial charge in [-0.15, -0.1) is 0 Å². The second-order valence-corrected chi connectivity index (χ2v) is 6.42. The summed E-state index contributed by atoms with van der Waals surface area (Å²) in [5, 5.41) is 3.46. The summed E-state index contributed by atoms with van der Waals surface area (Å²) in [6.07, 6.45) is 0.975. The van der Waals surface area contributed by atoms with Crippen LogP contribution in [0.5, 0.6) is 11.5 Å². The van der Waals surface area contributed by atoms with Crippen molar-refractivity contribution in [1.82, 2.24) is 5.32 Å². The zero-order valence-electron chi connectivity index (χ0n) is 12.5. The van der Waals surface area contributed by atoms with Crippen molar-refractivity contribution in [3.8, 4) is 11.5 Å². The molecule has 0 aliphatic rings. The van der Waals surface area contributed by atoms with Crippen molar-refractivity contribution < 1.29 is 9.47 Å². The quantitative estimate of drug-likeness (QED) is 0.850. The van der Waals surface area contributed by atoms with E-state index in [1.807, 2.05) is 6.07 Å². The van der Waals surface area contributed by atoms with Crippen molar-refractivity contribution in [3.05, 3.63) is 22.2 Å². The molecule has 3 nitrogen and oxygen atoms in total. The summed E-state index contributed by atoms with van der Waals surface area (Å²) in [6.45, 7) is 10.0. The molecule has 0 heterocycles. The number of methoxy groups -OCH3 is 1. The molecule has 0 aliphatic heterocycles. The van der Waals surface area contributed by atoms with Gasteiger partial charge in [0.25, 0.3) is 0 Å². The Morgan fingerprint density at radius 1 is 1.26 bits per heavy atom. The molecule has 0 aliphatic carbocycles. The number of hydrogen-bond acceptors (Lipinski definition) is 3. The molecule has 0 saturated carbocycles. The van der Waals surface area contributed by atoms with Crippen molar-refractivity contribution >= 4 is 15.9 Å². The first-order chi connectivity index (χ1) is 8.87. The Bertz CT molecular complexity index is 413. The standard InChI is InChI=1S/C15H24BrNO2/c1-6-7-19-14-12(16)8-11(9-13(14)18-5)10-17-15(2,3)4/h8-9,17H,6-7,10H2,1-5H3. The van der Waals surface area contributed by atoms with Crippen molar-refractivity contribution in [1.29, 1.82) is 0 Å². The molecule has 108 valence electrons. The van der Waals surface area contributed by atoms with Gasteiger partial charge >= 0.3 is 0 Å². The molecule has 0 unspecified atom stereocenters. The van der Waals surface area contributed by atoms with Crippen LogP contribution in [0.15, 0.2) is 16.6 Å². The number of benzene rings is 1. The monoisotopic (exact) mass is 329 g/mol. The highest BCUT2D eigenvalue weighted by molar-refractivity contribution is 9.10. The molecule has 0 atom stereocenters. The summed E-state index contributed by atoms with van der Waals surface area (Å²) in [6, 6.07) is 4.10. The fraction of sp³-hybridized carbons (Fsp3) is 0.600. The second kappa shape index (κ2) is 7.15. The maximum Gasteiger partial charge on any atom is 0.175 e. The number of nitrogens with one attached hydrogen (secondary N) is 1. The van der Waals surface area contributed by atoms with Crippen LogP contribution >= 0.6 is 15.9 Å². The van der Waals surface area contributed by atoms with Crippen LogP contribution in [0.3, 0.4) is 0 Å². The van der Waals surface area contributed by atoms with E-state index in [4.69, 9.17) is 9.47 Å². The van der Waals surface area contributed by atoms with E-state index in [9.17, 15) is 0 Å². The fourth-order valence-corrected chi connectivity index (χ4v) is 2.19. The summed E-state index contributed by atoms with van der Waals surface area (Å²) >= 11 is 3.56. The van der Waals surface area contributed by atoms with E-state index < -0.39 is 0 Å². The van der Waals surface area contributed by atoms with Crippen LogP contribution in [0.4, 0.5) is 0 Å². The van der Waals surface area contributed by atoms with E-state index in [2.05, 4.69) is 55.0 Å². The van der Waals surface area contributed by atoms with E-state index in [0.717, 1.165) is 28.9 Å². The van der Waals surface area contributed by atoms with Gasteiger partial charge in [0.15, 0.2) is 11.5 Å². The van der Waals surface area contributed by atoms with Crippen LogP contribution in [0.2, 0.25) is 0 Å². The maximum atomic E-state index is 5.72. The maximum absolute atomic E-state index is 5.72. The van der Waals surface area contributed by atoms with E-state index in [-0.39, 0.29) is 5.54 Å². The van der Waals surface area contributed by atoms with Crippen molar-refractivity contribution in [2.45, 2.75) is 46.2 Å². The lowest BCUT2D eigenvalue weighted by atomic mass is 10.1. The summed E-state index contributed by atoms with van der Waals surface area (Å²) in [4.78, 5) is 0. The Morgan fingerprint density at radius 3 is 2.47 bits per heavy atom. The molecule has 0 aromatic heterocycles. The number of ether oxygens (including phenoxy) is 2. The molecular weight excluding hydrogens is 306 g/mol. The van der Waals surface area contributed by atoms with Gasteiger partial charge in [-0.1, -0.05) is 6.92 Å². The first-order valence-electron chi connectivity index (χ1n) is 6.61. The lowest BCUT2D eigenvalue weighted by Crippen LogP contribution is -2.35. The Morgan fingerprint density at radius 2 is 1.95 bits per heavy atom. The third-order valence-corrected chi connectivity index (χ3v) is 3.15. The lowest BCUT2D eigenvalue weighted by molar-refractivity contribution is 0.292. The van der Waals surface area contributed by atoms with Crippen LogP contribution in [0.1, 0.15) is 39.7 Å². The van der Waals surface area contributed by atoms with Crippen LogP contribution in [0.25, 0.3) is 0 Å². The zero-order valence-corrected chi connectivity index (χ0v) is 14.1. The molecule has 0 bridgehead atoms. The first kappa shape index (κ1) is 16.3. The molecular formula is C15H24BrNO2. The first-order valence-corrected chi connectivity index (χ1v) is 7.41. The zero-order chi connectivity index (χ0) is 14.5. The second-order valence-electron chi connectivity index (χ2n) is 5.56. The van der Waals surface area contributed by atoms with E-state index in [1.165, 1.54) is 5.56 Å². The normalized spacial score (nSPS) is 11.5.